The van der Waals surface area contributed by atoms with E-state index >= 15 is 0 Å². The van der Waals surface area contributed by atoms with Crippen LogP contribution in [0.2, 0.25) is 0 Å². The van der Waals surface area contributed by atoms with Crippen molar-refractivity contribution in [3.63, 3.8) is 0 Å². The second-order valence-corrected chi connectivity index (χ2v) is 0.589. The summed E-state index contributed by atoms with van der Waals surface area (Å²) in [7, 11) is 0. The molecule has 0 aromatic carbocycles. The maximum Gasteiger partial charge on any atom is 0.647 e. The first-order valence-electron chi connectivity index (χ1n) is 1.07. The molecule has 0 fully saturated rings. The summed E-state index contributed by atoms with van der Waals surface area (Å²) < 4.78 is 0. The van der Waals surface area contributed by atoms with Gasteiger partial charge in [0.1, 0.15) is 0 Å². The lowest BCUT2D eigenvalue weighted by atomic mass is 11.4. The highest BCUT2D eigenvalue weighted by Crippen LogP contribution is 1.51. The molecule has 5 heteroatoms. The SMILES string of the molecule is OC(O)=[N+](O)O. The van der Waals surface area contributed by atoms with Crippen LogP contribution in [0.1, 0.15) is 0 Å². The Kier molecular flexibility index (Phi) is 1.09. The lowest BCUT2D eigenvalue weighted by Crippen LogP contribution is -2.11. The molecule has 0 aromatic heterocycles. The fourth-order valence-corrected chi connectivity index (χ4v) is 0. The van der Waals surface area contributed by atoms with Gasteiger partial charge in [-0.1, -0.05) is 0 Å². The van der Waals surface area contributed by atoms with Crippen LogP contribution in [0.3, 0.4) is 0 Å². The van der Waals surface area contributed by atoms with E-state index in [4.69, 9.17) is 20.6 Å². The molecule has 0 spiro atoms. The molecule has 0 radical (unpaired) electrons. The third-order valence-electron chi connectivity index (χ3n) is 0.179. The summed E-state index contributed by atoms with van der Waals surface area (Å²) in [5.74, 6) is 0. The Morgan fingerprint density at radius 1 is 1.17 bits per heavy atom. The highest BCUT2D eigenvalue weighted by atomic mass is 16.8. The van der Waals surface area contributed by atoms with Crippen LogP contribution >= 0.6 is 0 Å². The first-order chi connectivity index (χ1) is 2.64. The minimum Gasteiger partial charge on any atom is -0.423 e. The van der Waals surface area contributed by atoms with Crippen LogP contribution in [0.25, 0.3) is 0 Å². The fraction of sp³-hybridized carbons (Fsp3) is 0. The Morgan fingerprint density at radius 2 is 1.33 bits per heavy atom. The number of hydrogen-bond acceptors (Lipinski definition) is 2. The quantitative estimate of drug-likeness (QED) is 0.138. The first kappa shape index (κ1) is 4.87. The average Bonchev–Trinajstić information content (AvgIpc) is 1.36. The number of hydrogen-bond donors (Lipinski definition) is 4. The van der Waals surface area contributed by atoms with E-state index in [-0.39, 0.29) is 0 Å². The van der Waals surface area contributed by atoms with Gasteiger partial charge in [0.15, 0.2) is 0 Å². The van der Waals surface area contributed by atoms with Gasteiger partial charge in [0, 0.05) is 0 Å². The molecule has 0 saturated heterocycles. The Hall–Kier alpha value is -1.13. The van der Waals surface area contributed by atoms with Crippen LogP contribution in [0.5, 0.6) is 0 Å². The zero-order valence-electron chi connectivity index (χ0n) is 2.74. The molecule has 0 aromatic rings. The fourth-order valence-electron chi connectivity index (χ4n) is 0. The molecule has 0 saturated carbocycles. The lowest BCUT2D eigenvalue weighted by Gasteiger charge is -1.71. The second-order valence-electron chi connectivity index (χ2n) is 0.589. The van der Waals surface area contributed by atoms with Gasteiger partial charge >= 0.3 is 6.08 Å². The highest BCUT2D eigenvalue weighted by Gasteiger charge is 2.04. The summed E-state index contributed by atoms with van der Waals surface area (Å²) in [5.41, 5.74) is 0. The molecule has 4 N–H and O–H groups in total. The van der Waals surface area contributed by atoms with Crippen molar-refractivity contribution in [1.29, 1.82) is 0 Å². The molecule has 0 atom stereocenters. The van der Waals surface area contributed by atoms with Gasteiger partial charge < -0.3 is 10.2 Å². The van der Waals surface area contributed by atoms with E-state index < -0.39 is 11.0 Å². The zero-order valence-corrected chi connectivity index (χ0v) is 2.74. The van der Waals surface area contributed by atoms with Crippen LogP contribution < -0.4 is 0 Å². The van der Waals surface area contributed by atoms with Crippen LogP contribution in [-0.2, 0) is 0 Å². The first-order valence-corrected chi connectivity index (χ1v) is 1.07. The van der Waals surface area contributed by atoms with Crippen LogP contribution in [0.4, 0.5) is 0 Å². The number of nitrogens with zero attached hydrogens (tertiary/aromatic N) is 1. The topological polar surface area (TPSA) is 83.9 Å². The van der Waals surface area contributed by atoms with Crippen molar-refractivity contribution < 1.29 is 25.5 Å². The molecular weight excluding hydrogens is 90.0 g/mol. The Balaban J connectivity index is 3.68. The molecule has 0 aliphatic heterocycles. The van der Waals surface area contributed by atoms with Gasteiger partial charge in [0.2, 0.25) is 0 Å². The van der Waals surface area contributed by atoms with Crippen molar-refractivity contribution in [2.24, 2.45) is 0 Å². The lowest BCUT2D eigenvalue weighted by molar-refractivity contribution is -0.962. The standard InChI is InChI=1S/CH3NO4/c3-1(4)2(5)6/h5-6H,(H,3,4)/p+1. The van der Waals surface area contributed by atoms with E-state index in [1.807, 2.05) is 0 Å². The average molecular weight is 94.0 g/mol. The van der Waals surface area contributed by atoms with E-state index in [9.17, 15) is 0 Å². The Morgan fingerprint density at radius 3 is 1.33 bits per heavy atom. The van der Waals surface area contributed by atoms with Crippen LogP contribution in [0, 0.1) is 0 Å². The van der Waals surface area contributed by atoms with Crippen molar-refractivity contribution in [3.05, 3.63) is 0 Å². The summed E-state index contributed by atoms with van der Waals surface area (Å²) in [4.78, 5) is -0.806. The predicted octanol–water partition coefficient (Wildman–Crippen LogP) is -0.751. The summed E-state index contributed by atoms with van der Waals surface area (Å²) in [6, 6.07) is 0. The smallest absolute Gasteiger partial charge is 0.423 e. The molecule has 0 aliphatic rings. The van der Waals surface area contributed by atoms with Gasteiger partial charge in [0.05, 0.1) is 0 Å². The molecule has 0 heterocycles. The Bertz CT molecular complexity index is 57.6. The zero-order chi connectivity index (χ0) is 5.15. The molecule has 6 heavy (non-hydrogen) atoms. The number of aliphatic hydroxyl groups excluding tert-OH is 1. The van der Waals surface area contributed by atoms with E-state index in [1.54, 1.807) is 0 Å². The van der Waals surface area contributed by atoms with Gasteiger partial charge in [-0.25, -0.2) is 10.4 Å². The maximum atomic E-state index is 7.53. The monoisotopic (exact) mass is 94.0 g/mol. The minimum absolute atomic E-state index is 0.806. The molecule has 0 rings (SSSR count). The third-order valence-corrected chi connectivity index (χ3v) is 0.179. The third kappa shape index (κ3) is 1.22. The largest absolute Gasteiger partial charge is 0.647 e. The predicted molar refractivity (Wildman–Crippen MR) is 14.1 cm³/mol. The molecule has 0 bridgehead atoms. The maximum absolute atomic E-state index is 7.53. The van der Waals surface area contributed by atoms with E-state index in [2.05, 4.69) is 0 Å². The Labute approximate surface area is 32.9 Å². The second kappa shape index (κ2) is 1.34. The van der Waals surface area contributed by atoms with Gasteiger partial charge in [-0.3, -0.25) is 0 Å². The summed E-state index contributed by atoms with van der Waals surface area (Å²) in [6.45, 7) is 0. The summed E-state index contributed by atoms with van der Waals surface area (Å²) in [5, 5.41) is 30.0. The minimum atomic E-state index is -1.55. The molecule has 0 amide bonds. The number of rotatable bonds is 0. The van der Waals surface area contributed by atoms with Crippen LogP contribution in [0.15, 0.2) is 0 Å². The van der Waals surface area contributed by atoms with Gasteiger partial charge in [-0.15, -0.1) is 0 Å². The van der Waals surface area contributed by atoms with E-state index in [0.29, 0.717) is 0 Å². The van der Waals surface area contributed by atoms with Crippen molar-refractivity contribution in [3.8, 4) is 0 Å². The normalized spacial score (nSPS) is 7.33. The molecule has 0 aliphatic carbocycles. The van der Waals surface area contributed by atoms with Crippen molar-refractivity contribution >= 4 is 6.08 Å². The molecule has 5 nitrogen and oxygen atoms in total. The van der Waals surface area contributed by atoms with Crippen molar-refractivity contribution in [1.82, 2.24) is 0 Å². The van der Waals surface area contributed by atoms with Crippen molar-refractivity contribution in [2.75, 3.05) is 0 Å². The summed E-state index contributed by atoms with van der Waals surface area (Å²) in [6.07, 6.45) is -1.55. The van der Waals surface area contributed by atoms with E-state index in [0.717, 1.165) is 0 Å². The summed E-state index contributed by atoms with van der Waals surface area (Å²) >= 11 is 0. The van der Waals surface area contributed by atoms with Gasteiger partial charge in [-0.05, 0) is 0 Å². The van der Waals surface area contributed by atoms with Gasteiger partial charge in [0.25, 0.3) is 4.90 Å². The number of aliphatic hydroxyl groups is 2. The molecule has 0 unspecified atom stereocenters. The van der Waals surface area contributed by atoms with Crippen LogP contribution in [-0.4, -0.2) is 31.6 Å². The highest BCUT2D eigenvalue weighted by molar-refractivity contribution is 5.54. The molecular formula is CH4NO4+. The van der Waals surface area contributed by atoms with E-state index in [1.165, 1.54) is 0 Å². The molecule has 36 valence electrons. The van der Waals surface area contributed by atoms with Crippen molar-refractivity contribution in [2.45, 2.75) is 0 Å². The van der Waals surface area contributed by atoms with Gasteiger partial charge in [-0.2, -0.15) is 0 Å².